The molecule has 0 radical (unpaired) electrons. The molecule has 2 aliphatic heterocycles. The Hall–Kier alpha value is -1.40. The maximum Gasteiger partial charge on any atom is 0.244 e. The van der Waals surface area contributed by atoms with Gasteiger partial charge in [0.25, 0.3) is 0 Å². The van der Waals surface area contributed by atoms with Crippen LogP contribution in [0.25, 0.3) is 0 Å². The fourth-order valence-corrected chi connectivity index (χ4v) is 3.50. The molecule has 3 heterocycles. The second kappa shape index (κ2) is 7.24. The van der Waals surface area contributed by atoms with Crippen LogP contribution in [0.2, 0.25) is 0 Å². The lowest BCUT2D eigenvalue weighted by Gasteiger charge is -2.31. The number of ether oxygens (including phenoxy) is 1. The molecule has 1 amide bonds. The van der Waals surface area contributed by atoms with Crippen LogP contribution in [-0.4, -0.2) is 60.0 Å². The molecule has 1 aromatic heterocycles. The van der Waals surface area contributed by atoms with Crippen LogP contribution in [0.5, 0.6) is 0 Å². The van der Waals surface area contributed by atoms with Crippen LogP contribution in [-0.2, 0) is 16.1 Å². The van der Waals surface area contributed by atoms with E-state index >= 15 is 0 Å². The summed E-state index contributed by atoms with van der Waals surface area (Å²) in [6.45, 7) is 4.02. The molecular formula is C16H26N4O2. The van der Waals surface area contributed by atoms with E-state index in [1.807, 2.05) is 15.8 Å². The summed E-state index contributed by atoms with van der Waals surface area (Å²) in [6, 6.07) is 2.06. The second-order valence-corrected chi connectivity index (χ2v) is 6.27. The van der Waals surface area contributed by atoms with Crippen molar-refractivity contribution in [3.05, 3.63) is 18.0 Å². The van der Waals surface area contributed by atoms with Crippen LogP contribution in [0.4, 0.5) is 0 Å². The van der Waals surface area contributed by atoms with Gasteiger partial charge in [-0.15, -0.1) is 0 Å². The molecule has 2 saturated heterocycles. The van der Waals surface area contributed by atoms with Crippen molar-refractivity contribution in [1.82, 2.24) is 20.0 Å². The SMILES string of the molecule is COC1CCN(C(=O)Cn2nccc2[C@H]2CCCNC2)CC1. The number of hydrogen-bond acceptors (Lipinski definition) is 4. The van der Waals surface area contributed by atoms with Gasteiger partial charge in [0.15, 0.2) is 0 Å². The van der Waals surface area contributed by atoms with Crippen LogP contribution in [0.1, 0.15) is 37.3 Å². The summed E-state index contributed by atoms with van der Waals surface area (Å²) >= 11 is 0. The number of carbonyl (C=O) groups excluding carboxylic acids is 1. The van der Waals surface area contributed by atoms with Crippen LogP contribution in [0, 0.1) is 0 Å². The molecule has 122 valence electrons. The van der Waals surface area contributed by atoms with E-state index in [0.29, 0.717) is 18.6 Å². The highest BCUT2D eigenvalue weighted by Gasteiger charge is 2.24. The summed E-state index contributed by atoms with van der Waals surface area (Å²) in [5.74, 6) is 0.645. The maximum absolute atomic E-state index is 12.5. The van der Waals surface area contributed by atoms with Crippen molar-refractivity contribution < 1.29 is 9.53 Å². The normalized spacial score (nSPS) is 23.7. The summed E-state index contributed by atoms with van der Waals surface area (Å²) < 4.78 is 7.25. The lowest BCUT2D eigenvalue weighted by molar-refractivity contribution is -0.134. The standard InChI is InChI=1S/C16H26N4O2/c1-22-14-5-9-19(10-6-14)16(21)12-20-15(4-8-18-20)13-3-2-7-17-11-13/h4,8,13-14,17H,2-3,5-7,9-12H2,1H3/t13-/m0/s1. The first-order chi connectivity index (χ1) is 10.8. The molecule has 1 N–H and O–H groups in total. The average molecular weight is 306 g/mol. The molecule has 2 fully saturated rings. The molecule has 3 rings (SSSR count). The van der Waals surface area contributed by atoms with Crippen molar-refractivity contribution in [1.29, 1.82) is 0 Å². The van der Waals surface area contributed by atoms with Crippen LogP contribution >= 0.6 is 0 Å². The zero-order valence-electron chi connectivity index (χ0n) is 13.3. The molecule has 1 aromatic rings. The third kappa shape index (κ3) is 3.50. The number of nitrogens with zero attached hydrogens (tertiary/aromatic N) is 3. The first kappa shape index (κ1) is 15.5. The number of likely N-dealkylation sites (tertiary alicyclic amines) is 1. The van der Waals surface area contributed by atoms with Gasteiger partial charge in [-0.05, 0) is 38.3 Å². The first-order valence-corrected chi connectivity index (χ1v) is 8.31. The summed E-state index contributed by atoms with van der Waals surface area (Å²) in [7, 11) is 1.75. The number of methoxy groups -OCH3 is 1. The highest BCUT2D eigenvalue weighted by Crippen LogP contribution is 2.23. The van der Waals surface area contributed by atoms with E-state index in [9.17, 15) is 4.79 Å². The Kier molecular flexibility index (Phi) is 5.10. The van der Waals surface area contributed by atoms with E-state index in [4.69, 9.17) is 4.74 Å². The Bertz CT molecular complexity index is 488. The van der Waals surface area contributed by atoms with Crippen LogP contribution in [0.15, 0.2) is 12.3 Å². The average Bonchev–Trinajstić information content (AvgIpc) is 3.04. The van der Waals surface area contributed by atoms with Crippen LogP contribution < -0.4 is 5.32 Å². The van der Waals surface area contributed by atoms with Crippen molar-refractivity contribution in [3.63, 3.8) is 0 Å². The van der Waals surface area contributed by atoms with Crippen molar-refractivity contribution in [3.8, 4) is 0 Å². The van der Waals surface area contributed by atoms with E-state index in [-0.39, 0.29) is 5.91 Å². The number of carbonyl (C=O) groups is 1. The Balaban J connectivity index is 1.59. The lowest BCUT2D eigenvalue weighted by Crippen LogP contribution is -2.42. The third-order valence-electron chi connectivity index (χ3n) is 4.88. The molecule has 0 spiro atoms. The summed E-state index contributed by atoms with van der Waals surface area (Å²) in [5.41, 5.74) is 1.19. The minimum absolute atomic E-state index is 0.170. The molecule has 0 bridgehead atoms. The van der Waals surface area contributed by atoms with Gasteiger partial charge in [0.2, 0.25) is 5.91 Å². The van der Waals surface area contributed by atoms with E-state index in [2.05, 4.69) is 16.5 Å². The minimum atomic E-state index is 0.170. The van der Waals surface area contributed by atoms with Gasteiger partial charge in [0.1, 0.15) is 6.54 Å². The Morgan fingerprint density at radius 3 is 2.91 bits per heavy atom. The van der Waals surface area contributed by atoms with Gasteiger partial charge in [-0.25, -0.2) is 0 Å². The quantitative estimate of drug-likeness (QED) is 0.901. The smallest absolute Gasteiger partial charge is 0.244 e. The topological polar surface area (TPSA) is 59.4 Å². The highest BCUT2D eigenvalue weighted by molar-refractivity contribution is 5.76. The number of amides is 1. The molecule has 6 nitrogen and oxygen atoms in total. The van der Waals surface area contributed by atoms with E-state index in [0.717, 1.165) is 39.0 Å². The zero-order chi connectivity index (χ0) is 15.4. The molecule has 0 unspecified atom stereocenters. The van der Waals surface area contributed by atoms with Crippen LogP contribution in [0.3, 0.4) is 0 Å². The Labute approximate surface area is 131 Å². The summed E-state index contributed by atoms with van der Waals surface area (Å²) in [5, 5.41) is 7.80. The predicted molar refractivity (Wildman–Crippen MR) is 83.7 cm³/mol. The molecule has 6 heteroatoms. The minimum Gasteiger partial charge on any atom is -0.381 e. The van der Waals surface area contributed by atoms with Gasteiger partial charge in [0, 0.05) is 44.6 Å². The molecule has 0 aromatic carbocycles. The number of rotatable bonds is 4. The molecule has 0 aliphatic carbocycles. The van der Waals surface area contributed by atoms with E-state index in [1.165, 1.54) is 18.5 Å². The molecular weight excluding hydrogens is 280 g/mol. The van der Waals surface area contributed by atoms with Gasteiger partial charge < -0.3 is 15.0 Å². The monoisotopic (exact) mass is 306 g/mol. The third-order valence-corrected chi connectivity index (χ3v) is 4.88. The number of hydrogen-bond donors (Lipinski definition) is 1. The van der Waals surface area contributed by atoms with Crippen molar-refractivity contribution in [2.75, 3.05) is 33.3 Å². The predicted octanol–water partition coefficient (Wildman–Crippen LogP) is 0.987. The van der Waals surface area contributed by atoms with Crippen molar-refractivity contribution in [2.24, 2.45) is 0 Å². The van der Waals surface area contributed by atoms with Gasteiger partial charge in [-0.2, -0.15) is 5.10 Å². The fourth-order valence-electron chi connectivity index (χ4n) is 3.50. The summed E-state index contributed by atoms with van der Waals surface area (Å²) in [6.07, 6.45) is 6.34. The van der Waals surface area contributed by atoms with Gasteiger partial charge in [-0.1, -0.05) is 0 Å². The van der Waals surface area contributed by atoms with Gasteiger partial charge in [-0.3, -0.25) is 9.48 Å². The first-order valence-electron chi connectivity index (χ1n) is 8.31. The largest absolute Gasteiger partial charge is 0.381 e. The van der Waals surface area contributed by atoms with Gasteiger partial charge >= 0.3 is 0 Å². The highest BCUT2D eigenvalue weighted by atomic mass is 16.5. The Morgan fingerprint density at radius 1 is 1.41 bits per heavy atom. The number of aromatic nitrogens is 2. The van der Waals surface area contributed by atoms with Crippen molar-refractivity contribution >= 4 is 5.91 Å². The number of nitrogens with one attached hydrogen (secondary N) is 1. The van der Waals surface area contributed by atoms with Gasteiger partial charge in [0.05, 0.1) is 6.10 Å². The number of piperidine rings is 2. The van der Waals surface area contributed by atoms with E-state index in [1.54, 1.807) is 7.11 Å². The Morgan fingerprint density at radius 2 is 2.23 bits per heavy atom. The fraction of sp³-hybridized carbons (Fsp3) is 0.750. The zero-order valence-corrected chi connectivity index (χ0v) is 13.3. The van der Waals surface area contributed by atoms with E-state index < -0.39 is 0 Å². The molecule has 1 atom stereocenters. The molecule has 22 heavy (non-hydrogen) atoms. The maximum atomic E-state index is 12.5. The molecule has 0 saturated carbocycles. The molecule has 2 aliphatic rings. The summed E-state index contributed by atoms with van der Waals surface area (Å²) in [4.78, 5) is 14.4. The lowest BCUT2D eigenvalue weighted by atomic mass is 9.96. The second-order valence-electron chi connectivity index (χ2n) is 6.27. The van der Waals surface area contributed by atoms with Crippen molar-refractivity contribution in [2.45, 2.75) is 44.2 Å².